The number of benzene rings is 2. The number of carboxylic acid groups (broad SMARTS) is 1. The minimum Gasteiger partial charge on any atom is -0.484 e. The second-order valence-corrected chi connectivity index (χ2v) is 12.8. The van der Waals surface area contributed by atoms with E-state index < -0.39 is 40.5 Å². The van der Waals surface area contributed by atoms with Crippen molar-refractivity contribution in [2.24, 2.45) is 10.8 Å². The van der Waals surface area contributed by atoms with Gasteiger partial charge in [0.15, 0.2) is 23.9 Å². The van der Waals surface area contributed by atoms with Gasteiger partial charge in [0, 0.05) is 17.6 Å². The summed E-state index contributed by atoms with van der Waals surface area (Å²) in [5.74, 6) is -3.72. The lowest BCUT2D eigenvalue weighted by Crippen LogP contribution is -2.51. The molecule has 0 saturated heterocycles. The van der Waals surface area contributed by atoms with E-state index in [1.54, 1.807) is 53.7 Å². The molecule has 2 aromatic carbocycles. The van der Waals surface area contributed by atoms with Crippen molar-refractivity contribution in [3.63, 3.8) is 0 Å². The van der Waals surface area contributed by atoms with E-state index in [2.05, 4.69) is 10.6 Å². The maximum atomic E-state index is 13.0. The number of halogens is 3. The van der Waals surface area contributed by atoms with Crippen molar-refractivity contribution < 1.29 is 56.5 Å². The van der Waals surface area contributed by atoms with Crippen LogP contribution >= 0.6 is 0 Å². The first kappa shape index (κ1) is 39.6. The average molecular weight is 655 g/mol. The summed E-state index contributed by atoms with van der Waals surface area (Å²) in [6.07, 6.45) is -5.08. The third-order valence-electron chi connectivity index (χ3n) is 5.71. The zero-order valence-electron chi connectivity index (χ0n) is 27.1. The summed E-state index contributed by atoms with van der Waals surface area (Å²) in [6, 6.07) is 13.4. The van der Waals surface area contributed by atoms with Crippen LogP contribution in [-0.4, -0.2) is 66.1 Å². The summed E-state index contributed by atoms with van der Waals surface area (Å²) in [5.41, 5.74) is -1.93. The molecule has 0 aliphatic heterocycles. The molecule has 0 atom stereocenters. The number of ether oxygens (including phenoxy) is 3. The quantitative estimate of drug-likeness (QED) is 0.172. The topological polar surface area (TPSA) is 157 Å². The molecule has 14 heteroatoms. The fourth-order valence-corrected chi connectivity index (χ4v) is 2.87. The Kier molecular flexibility index (Phi) is 13.9. The predicted molar refractivity (Wildman–Crippen MR) is 162 cm³/mol. The third kappa shape index (κ3) is 14.5. The van der Waals surface area contributed by atoms with E-state index in [0.717, 1.165) is 0 Å². The van der Waals surface area contributed by atoms with Crippen molar-refractivity contribution in [3.8, 4) is 17.2 Å². The summed E-state index contributed by atoms with van der Waals surface area (Å²) < 4.78 is 48.2. The van der Waals surface area contributed by atoms with Gasteiger partial charge in [-0.2, -0.15) is 13.2 Å². The normalized spacial score (nSPS) is 11.8. The molecule has 254 valence electrons. The highest BCUT2D eigenvalue weighted by Crippen LogP contribution is 2.32. The van der Waals surface area contributed by atoms with Crippen molar-refractivity contribution in [2.75, 3.05) is 19.7 Å². The molecule has 2 rings (SSSR count). The van der Waals surface area contributed by atoms with Crippen LogP contribution in [0.25, 0.3) is 0 Å². The van der Waals surface area contributed by atoms with Gasteiger partial charge in [-0.25, -0.2) is 4.79 Å². The maximum Gasteiger partial charge on any atom is 0.490 e. The minimum absolute atomic E-state index is 0.0108. The van der Waals surface area contributed by atoms with Gasteiger partial charge in [-0.1, -0.05) is 18.2 Å². The number of aliphatic carboxylic acids is 1. The first-order valence-corrected chi connectivity index (χ1v) is 14.0. The fraction of sp³-hybridized carbons (Fsp3) is 0.469. The van der Waals surface area contributed by atoms with Gasteiger partial charge < -0.3 is 30.0 Å². The van der Waals surface area contributed by atoms with Crippen LogP contribution in [0.2, 0.25) is 0 Å². The van der Waals surface area contributed by atoms with Crippen LogP contribution in [0.15, 0.2) is 48.5 Å². The molecule has 1 amide bonds. The number of carbonyl (C=O) groups is 5. The summed E-state index contributed by atoms with van der Waals surface area (Å²) in [4.78, 5) is 59.1. The van der Waals surface area contributed by atoms with E-state index in [9.17, 15) is 32.3 Å². The fourth-order valence-electron chi connectivity index (χ4n) is 2.87. The number of carboxylic acids is 1. The van der Waals surface area contributed by atoms with Crippen LogP contribution in [0.1, 0.15) is 65.7 Å². The number of rotatable bonds is 11. The Bertz CT molecular complexity index is 1380. The highest BCUT2D eigenvalue weighted by molar-refractivity contribution is 5.98. The number of ketones is 1. The van der Waals surface area contributed by atoms with Crippen LogP contribution in [-0.2, 0) is 19.2 Å². The standard InChI is InChI=1S/C30H40N2O7.C2HF3O2/c1-28(2,3)26(35)38-23-15-14-20(16-24(23)39-27(36)29(4,5)6)22(33)17-32-30(7,8)19-31-25(34)18-37-21-12-10-9-11-13-21;3-2(4,5)1(6)7/h9-16,32H,17-19H2,1-8H3,(H,31,34);(H,6,7). The molecule has 0 fully saturated rings. The molecule has 0 bridgehead atoms. The molecule has 11 nitrogen and oxygen atoms in total. The molecule has 0 aliphatic rings. The zero-order valence-corrected chi connectivity index (χ0v) is 27.1. The van der Waals surface area contributed by atoms with E-state index in [4.69, 9.17) is 24.1 Å². The largest absolute Gasteiger partial charge is 0.490 e. The molecule has 0 aromatic heterocycles. The first-order chi connectivity index (χ1) is 20.9. The Morgan fingerprint density at radius 1 is 0.761 bits per heavy atom. The summed E-state index contributed by atoms with van der Waals surface area (Å²) >= 11 is 0. The van der Waals surface area contributed by atoms with E-state index in [1.165, 1.54) is 18.2 Å². The summed E-state index contributed by atoms with van der Waals surface area (Å²) in [5, 5.41) is 13.1. The van der Waals surface area contributed by atoms with Crippen molar-refractivity contribution in [1.29, 1.82) is 0 Å². The second kappa shape index (κ2) is 16.2. The van der Waals surface area contributed by atoms with Crippen LogP contribution < -0.4 is 24.8 Å². The van der Waals surface area contributed by atoms with Gasteiger partial charge >= 0.3 is 24.1 Å². The van der Waals surface area contributed by atoms with Gasteiger partial charge in [-0.05, 0) is 85.7 Å². The molecule has 3 N–H and O–H groups in total. The molecular weight excluding hydrogens is 613 g/mol. The van der Waals surface area contributed by atoms with Crippen molar-refractivity contribution in [1.82, 2.24) is 10.6 Å². The Hall–Kier alpha value is -4.46. The maximum absolute atomic E-state index is 13.0. The lowest BCUT2D eigenvalue weighted by molar-refractivity contribution is -0.192. The minimum atomic E-state index is -5.08. The van der Waals surface area contributed by atoms with Gasteiger partial charge in [-0.15, -0.1) is 0 Å². The average Bonchev–Trinajstić information content (AvgIpc) is 2.94. The number of hydrogen-bond donors (Lipinski definition) is 3. The van der Waals surface area contributed by atoms with Gasteiger partial charge in [0.1, 0.15) is 5.75 Å². The van der Waals surface area contributed by atoms with Gasteiger partial charge in [0.2, 0.25) is 0 Å². The molecule has 0 saturated carbocycles. The van der Waals surface area contributed by atoms with Crippen LogP contribution in [0.5, 0.6) is 17.2 Å². The monoisotopic (exact) mass is 654 g/mol. The van der Waals surface area contributed by atoms with Crippen LogP contribution in [0.3, 0.4) is 0 Å². The highest BCUT2D eigenvalue weighted by atomic mass is 19.4. The number of Topliss-reactive ketones (excluding diaryl/α,β-unsaturated/α-hetero) is 1. The Balaban J connectivity index is 0.00000135. The lowest BCUT2D eigenvalue weighted by Gasteiger charge is -2.26. The Morgan fingerprint density at radius 2 is 1.26 bits per heavy atom. The zero-order chi connectivity index (χ0) is 35.5. The third-order valence-corrected chi connectivity index (χ3v) is 5.71. The van der Waals surface area contributed by atoms with E-state index in [-0.39, 0.29) is 48.4 Å². The number of para-hydroxylation sites is 1. The van der Waals surface area contributed by atoms with E-state index in [0.29, 0.717) is 5.75 Å². The highest BCUT2D eigenvalue weighted by Gasteiger charge is 2.38. The van der Waals surface area contributed by atoms with Gasteiger partial charge in [-0.3, -0.25) is 19.2 Å². The van der Waals surface area contributed by atoms with Crippen molar-refractivity contribution >= 4 is 29.6 Å². The SMILES string of the molecule is CC(C)(CNC(=O)COc1ccccc1)NCC(=O)c1ccc(OC(=O)C(C)(C)C)c(OC(=O)C(C)(C)C)c1.O=C(O)C(F)(F)F. The summed E-state index contributed by atoms with van der Waals surface area (Å²) in [7, 11) is 0. The van der Waals surface area contributed by atoms with Crippen molar-refractivity contribution in [3.05, 3.63) is 54.1 Å². The number of alkyl halides is 3. The number of carbonyl (C=O) groups excluding carboxylic acids is 4. The van der Waals surface area contributed by atoms with Crippen LogP contribution in [0.4, 0.5) is 13.2 Å². The number of hydrogen-bond acceptors (Lipinski definition) is 9. The molecule has 0 radical (unpaired) electrons. The predicted octanol–water partition coefficient (Wildman–Crippen LogP) is 4.97. The molecule has 0 aliphatic carbocycles. The van der Waals surface area contributed by atoms with Crippen LogP contribution in [0, 0.1) is 10.8 Å². The first-order valence-electron chi connectivity index (χ1n) is 14.0. The number of esters is 2. The molecule has 2 aromatic rings. The van der Waals surface area contributed by atoms with E-state index in [1.807, 2.05) is 32.0 Å². The smallest absolute Gasteiger partial charge is 0.484 e. The van der Waals surface area contributed by atoms with Crippen molar-refractivity contribution in [2.45, 2.75) is 67.1 Å². The molecule has 46 heavy (non-hydrogen) atoms. The molecule has 0 heterocycles. The summed E-state index contributed by atoms with van der Waals surface area (Å²) in [6.45, 7) is 14.0. The van der Waals surface area contributed by atoms with Gasteiger partial charge in [0.05, 0.1) is 17.4 Å². The van der Waals surface area contributed by atoms with Gasteiger partial charge in [0.25, 0.3) is 5.91 Å². The lowest BCUT2D eigenvalue weighted by atomic mass is 9.97. The van der Waals surface area contributed by atoms with E-state index >= 15 is 0 Å². The molecule has 0 spiro atoms. The number of nitrogens with one attached hydrogen (secondary N) is 2. The molecular formula is C32H41F3N2O9. The second-order valence-electron chi connectivity index (χ2n) is 12.8. The number of amides is 1. The molecule has 0 unspecified atom stereocenters. The Labute approximate surface area is 265 Å². The Morgan fingerprint density at radius 3 is 1.74 bits per heavy atom.